The van der Waals surface area contributed by atoms with Crippen molar-refractivity contribution in [1.29, 1.82) is 0 Å². The molecule has 2 amide bonds. The summed E-state index contributed by atoms with van der Waals surface area (Å²) in [5, 5.41) is 13.3. The number of carbonyl (C=O) groups excluding carboxylic acids is 2. The predicted octanol–water partition coefficient (Wildman–Crippen LogP) is -1.60. The van der Waals surface area contributed by atoms with Gasteiger partial charge in [0.15, 0.2) is 5.60 Å². The largest absolute Gasteiger partial charge is 0.379 e. The zero-order valence-corrected chi connectivity index (χ0v) is 9.89. The SMILES string of the molecule is O=CN1CCN(C(=O)[C@@]2(O)CCCNC2)CC1. The number of amides is 2. The molecule has 2 heterocycles. The van der Waals surface area contributed by atoms with Gasteiger partial charge >= 0.3 is 0 Å². The number of piperazine rings is 1. The Kier molecular flexibility index (Phi) is 3.63. The van der Waals surface area contributed by atoms with Crippen LogP contribution < -0.4 is 5.32 Å². The molecule has 0 bridgehead atoms. The van der Waals surface area contributed by atoms with E-state index in [0.717, 1.165) is 19.4 Å². The Labute approximate surface area is 101 Å². The molecular weight excluding hydrogens is 222 g/mol. The summed E-state index contributed by atoms with van der Waals surface area (Å²) < 4.78 is 0. The Morgan fingerprint density at radius 3 is 2.53 bits per heavy atom. The molecule has 96 valence electrons. The summed E-state index contributed by atoms with van der Waals surface area (Å²) in [6, 6.07) is 0. The fourth-order valence-electron chi connectivity index (χ4n) is 2.40. The molecular formula is C11H19N3O3. The molecule has 0 aromatic heterocycles. The lowest BCUT2D eigenvalue weighted by Gasteiger charge is -2.39. The van der Waals surface area contributed by atoms with Gasteiger partial charge in [-0.1, -0.05) is 0 Å². The van der Waals surface area contributed by atoms with Gasteiger partial charge in [0.25, 0.3) is 5.91 Å². The van der Waals surface area contributed by atoms with Gasteiger partial charge in [-0.2, -0.15) is 0 Å². The quantitative estimate of drug-likeness (QED) is 0.571. The predicted molar refractivity (Wildman–Crippen MR) is 61.3 cm³/mol. The van der Waals surface area contributed by atoms with Crippen LogP contribution in [0.5, 0.6) is 0 Å². The van der Waals surface area contributed by atoms with Gasteiger partial charge in [0.05, 0.1) is 0 Å². The van der Waals surface area contributed by atoms with Crippen LogP contribution in [-0.2, 0) is 9.59 Å². The summed E-state index contributed by atoms with van der Waals surface area (Å²) in [7, 11) is 0. The highest BCUT2D eigenvalue weighted by atomic mass is 16.3. The Morgan fingerprint density at radius 2 is 2.00 bits per heavy atom. The molecule has 1 atom stereocenters. The van der Waals surface area contributed by atoms with E-state index in [1.807, 2.05) is 0 Å². The molecule has 6 heteroatoms. The van der Waals surface area contributed by atoms with Crippen molar-refractivity contribution in [1.82, 2.24) is 15.1 Å². The molecule has 0 aromatic carbocycles. The monoisotopic (exact) mass is 241 g/mol. The van der Waals surface area contributed by atoms with Crippen molar-refractivity contribution in [2.75, 3.05) is 39.3 Å². The van der Waals surface area contributed by atoms with Gasteiger partial charge in [-0.15, -0.1) is 0 Å². The van der Waals surface area contributed by atoms with Crippen LogP contribution in [0.3, 0.4) is 0 Å². The van der Waals surface area contributed by atoms with E-state index in [2.05, 4.69) is 5.32 Å². The van der Waals surface area contributed by atoms with Crippen LogP contribution in [0.25, 0.3) is 0 Å². The molecule has 0 spiro atoms. The first-order chi connectivity index (χ1) is 8.15. The third-order valence-electron chi connectivity index (χ3n) is 3.51. The number of carbonyl (C=O) groups is 2. The Morgan fingerprint density at radius 1 is 1.29 bits per heavy atom. The van der Waals surface area contributed by atoms with Gasteiger partial charge in [0.2, 0.25) is 6.41 Å². The molecule has 2 fully saturated rings. The van der Waals surface area contributed by atoms with Gasteiger partial charge in [0.1, 0.15) is 0 Å². The maximum atomic E-state index is 12.2. The number of nitrogens with one attached hydrogen (secondary N) is 1. The van der Waals surface area contributed by atoms with Crippen molar-refractivity contribution < 1.29 is 14.7 Å². The van der Waals surface area contributed by atoms with Gasteiger partial charge in [-0.25, -0.2) is 0 Å². The summed E-state index contributed by atoms with van der Waals surface area (Å²) >= 11 is 0. The minimum atomic E-state index is -1.25. The number of β-amino-alcohol motifs (C(OH)–C–C–N with tert-alkyl or cyclic N) is 1. The summed E-state index contributed by atoms with van der Waals surface area (Å²) in [6.45, 7) is 3.32. The van der Waals surface area contributed by atoms with Gasteiger partial charge in [-0.3, -0.25) is 9.59 Å². The van der Waals surface area contributed by atoms with Crippen LogP contribution in [0.4, 0.5) is 0 Å². The van der Waals surface area contributed by atoms with Crippen LogP contribution in [0.15, 0.2) is 0 Å². The normalized spacial score (nSPS) is 30.2. The first-order valence-corrected chi connectivity index (χ1v) is 6.07. The van der Waals surface area contributed by atoms with E-state index in [1.165, 1.54) is 0 Å². The molecule has 2 saturated heterocycles. The zero-order chi connectivity index (χ0) is 12.3. The van der Waals surface area contributed by atoms with Crippen molar-refractivity contribution in [2.45, 2.75) is 18.4 Å². The summed E-state index contributed by atoms with van der Waals surface area (Å²) in [4.78, 5) is 26.1. The standard InChI is InChI=1S/C11H19N3O3/c15-9-13-4-6-14(7-5-13)10(16)11(17)2-1-3-12-8-11/h9,12,17H,1-8H2/t11-/m1/s1. The molecule has 0 unspecified atom stereocenters. The van der Waals surface area contributed by atoms with Crippen molar-refractivity contribution in [3.8, 4) is 0 Å². The average molecular weight is 241 g/mol. The highest BCUT2D eigenvalue weighted by Crippen LogP contribution is 2.19. The van der Waals surface area contributed by atoms with Gasteiger partial charge in [0, 0.05) is 32.7 Å². The topological polar surface area (TPSA) is 72.9 Å². The summed E-state index contributed by atoms with van der Waals surface area (Å²) in [5.74, 6) is -0.199. The van der Waals surface area contributed by atoms with Crippen molar-refractivity contribution >= 4 is 12.3 Å². The fraction of sp³-hybridized carbons (Fsp3) is 0.818. The van der Waals surface area contributed by atoms with E-state index in [-0.39, 0.29) is 5.91 Å². The van der Waals surface area contributed by atoms with E-state index in [0.29, 0.717) is 39.1 Å². The Bertz CT molecular complexity index is 294. The fourth-order valence-corrected chi connectivity index (χ4v) is 2.40. The third-order valence-corrected chi connectivity index (χ3v) is 3.51. The number of hydrogen-bond donors (Lipinski definition) is 2. The van der Waals surface area contributed by atoms with Crippen LogP contribution in [0, 0.1) is 0 Å². The smallest absolute Gasteiger partial charge is 0.255 e. The molecule has 0 saturated carbocycles. The molecule has 6 nitrogen and oxygen atoms in total. The molecule has 2 rings (SSSR count). The molecule has 2 aliphatic heterocycles. The molecule has 0 aliphatic carbocycles. The number of piperidine rings is 1. The molecule has 0 aromatic rings. The third kappa shape index (κ3) is 2.58. The van der Waals surface area contributed by atoms with Gasteiger partial charge in [-0.05, 0) is 19.4 Å². The molecule has 0 radical (unpaired) electrons. The van der Waals surface area contributed by atoms with E-state index in [9.17, 15) is 14.7 Å². The van der Waals surface area contributed by atoms with E-state index < -0.39 is 5.60 Å². The zero-order valence-electron chi connectivity index (χ0n) is 9.89. The maximum absolute atomic E-state index is 12.2. The number of rotatable bonds is 2. The minimum Gasteiger partial charge on any atom is -0.379 e. The number of hydrogen-bond acceptors (Lipinski definition) is 4. The maximum Gasteiger partial charge on any atom is 0.255 e. The van der Waals surface area contributed by atoms with Crippen LogP contribution in [0.1, 0.15) is 12.8 Å². The van der Waals surface area contributed by atoms with Crippen LogP contribution in [-0.4, -0.2) is 72.1 Å². The molecule has 2 N–H and O–H groups in total. The lowest BCUT2D eigenvalue weighted by molar-refractivity contribution is -0.155. The van der Waals surface area contributed by atoms with Crippen LogP contribution >= 0.6 is 0 Å². The second-order valence-corrected chi connectivity index (χ2v) is 4.75. The van der Waals surface area contributed by atoms with E-state index in [1.54, 1.807) is 9.80 Å². The first kappa shape index (κ1) is 12.3. The van der Waals surface area contributed by atoms with Gasteiger partial charge < -0.3 is 20.2 Å². The Balaban J connectivity index is 1.93. The van der Waals surface area contributed by atoms with E-state index >= 15 is 0 Å². The summed E-state index contributed by atoms with van der Waals surface area (Å²) in [6.07, 6.45) is 2.14. The van der Waals surface area contributed by atoms with Crippen LogP contribution in [0.2, 0.25) is 0 Å². The highest BCUT2D eigenvalue weighted by molar-refractivity contribution is 5.85. The van der Waals surface area contributed by atoms with Crippen molar-refractivity contribution in [2.24, 2.45) is 0 Å². The average Bonchev–Trinajstić information content (AvgIpc) is 2.39. The number of aliphatic hydroxyl groups is 1. The second kappa shape index (κ2) is 5.01. The first-order valence-electron chi connectivity index (χ1n) is 6.07. The lowest BCUT2D eigenvalue weighted by Crippen LogP contribution is -2.60. The lowest BCUT2D eigenvalue weighted by atomic mass is 9.92. The minimum absolute atomic E-state index is 0.199. The molecule has 17 heavy (non-hydrogen) atoms. The second-order valence-electron chi connectivity index (χ2n) is 4.75. The van der Waals surface area contributed by atoms with Crippen molar-refractivity contribution in [3.63, 3.8) is 0 Å². The Hall–Kier alpha value is -1.14. The van der Waals surface area contributed by atoms with E-state index in [4.69, 9.17) is 0 Å². The highest BCUT2D eigenvalue weighted by Gasteiger charge is 2.40. The number of nitrogens with zero attached hydrogens (tertiary/aromatic N) is 2. The van der Waals surface area contributed by atoms with Crippen molar-refractivity contribution in [3.05, 3.63) is 0 Å². The molecule has 2 aliphatic rings. The summed E-state index contributed by atoms with van der Waals surface area (Å²) in [5.41, 5.74) is -1.25.